The Bertz CT molecular complexity index is 2090. The van der Waals surface area contributed by atoms with Gasteiger partial charge in [-0.25, -0.2) is 0 Å². The standard InChI is InChI=1S/C53H86O23/c1-22-10-15-53(47(67)76-45-39(66)36(63)33(60)27(20-56)72-45)17-16-50(5)23(42(53)52(22,7)68)8-9-29-49(4)13-12-30(48(2,3)28(49)11-14-51(29,50)6)73-46-41(75-44-38(65)35(62)32(59)26(19-55)71-44)40(24(57)21-69-46)74-43-37(64)34(61)31(58)25(18-54)70-43/h8,22,24-46,54-66,68H,9-21H2,1-7H3/t22-,24+,25-,26-,27-,28?,29-,30+,31-,32-,33-,34+,35+,36+,37-,38-,39-,40+,41-,42?,43+,44+,45+,46-,49+,50-,51-,52-,53+/m1/s1. The molecule has 436 valence electrons. The maximum atomic E-state index is 14.8. The minimum absolute atomic E-state index is 0.0459. The van der Waals surface area contributed by atoms with E-state index in [4.69, 9.17) is 37.9 Å². The van der Waals surface area contributed by atoms with Crippen LogP contribution in [-0.2, 0) is 42.7 Å². The number of allylic oxidation sites excluding steroid dienone is 1. The fourth-order valence-electron chi connectivity index (χ4n) is 16.5. The van der Waals surface area contributed by atoms with E-state index in [0.29, 0.717) is 44.9 Å². The van der Waals surface area contributed by atoms with E-state index in [0.717, 1.165) is 18.4 Å². The summed E-state index contributed by atoms with van der Waals surface area (Å²) in [4.78, 5) is 14.8. The molecule has 4 saturated carbocycles. The molecule has 9 aliphatic rings. The molecule has 0 amide bonds. The van der Waals surface area contributed by atoms with E-state index in [1.54, 1.807) is 6.92 Å². The van der Waals surface area contributed by atoms with Crippen LogP contribution in [0.4, 0.5) is 0 Å². The van der Waals surface area contributed by atoms with Gasteiger partial charge in [-0.1, -0.05) is 53.2 Å². The highest BCUT2D eigenvalue weighted by Crippen LogP contribution is 2.76. The highest BCUT2D eigenvalue weighted by atomic mass is 16.8. The SMILES string of the molecule is C[C@@H]1CC[C@]2(C(=O)O[C@@H]3O[C@H](CO)[C@@H](O)[C@H](O)[C@H]3O)CC[C@]3(C)C(=CC[C@@H]4[C@@]5(C)CC[C@H](O[C@H]6OC[C@H](O)[C@H](O[C@@H]7O[C@H](CO)[C@@H](O)[C@H](O)[C@H]7O)[C@H]6O[C@@H]6O[C@H](CO)[C@@H](O)[C@H](O)[C@H]6O)C(C)(C)C5CC[C@]43C)C2[C@]1(C)O. The van der Waals surface area contributed by atoms with Crippen molar-refractivity contribution >= 4 is 5.97 Å². The first-order valence-electron chi connectivity index (χ1n) is 27.4. The van der Waals surface area contributed by atoms with Crippen LogP contribution >= 0.6 is 0 Å². The van der Waals surface area contributed by atoms with Gasteiger partial charge in [-0.3, -0.25) is 4.79 Å². The summed E-state index contributed by atoms with van der Waals surface area (Å²) >= 11 is 0. The van der Waals surface area contributed by atoms with Gasteiger partial charge in [-0.05, 0) is 104 Å². The molecule has 4 aliphatic heterocycles. The molecule has 9 rings (SSSR count). The second kappa shape index (κ2) is 21.3. The van der Waals surface area contributed by atoms with Gasteiger partial charge in [0.2, 0.25) is 6.29 Å². The molecule has 4 heterocycles. The Morgan fingerprint density at radius 2 is 1.12 bits per heavy atom. The van der Waals surface area contributed by atoms with Crippen LogP contribution in [0.25, 0.3) is 0 Å². The van der Waals surface area contributed by atoms with Gasteiger partial charge >= 0.3 is 5.97 Å². The first kappa shape index (κ1) is 59.0. The molecule has 0 aromatic rings. The van der Waals surface area contributed by atoms with Crippen LogP contribution in [0, 0.1) is 50.7 Å². The van der Waals surface area contributed by atoms with Gasteiger partial charge in [0.05, 0.1) is 43.5 Å². The van der Waals surface area contributed by atoms with Crippen LogP contribution in [0.1, 0.15) is 106 Å². The topological polar surface area (TPSA) is 374 Å². The van der Waals surface area contributed by atoms with Crippen LogP contribution in [0.2, 0.25) is 0 Å². The van der Waals surface area contributed by atoms with Crippen molar-refractivity contribution in [1.82, 2.24) is 0 Å². The Morgan fingerprint density at radius 1 is 0.592 bits per heavy atom. The summed E-state index contributed by atoms with van der Waals surface area (Å²) in [5.74, 6) is -1.39. The molecule has 23 nitrogen and oxygen atoms in total. The van der Waals surface area contributed by atoms with E-state index in [2.05, 4.69) is 40.7 Å². The lowest BCUT2D eigenvalue weighted by Crippen LogP contribution is -2.68. The second-order valence-electron chi connectivity index (χ2n) is 25.5. The zero-order valence-corrected chi connectivity index (χ0v) is 44.6. The van der Waals surface area contributed by atoms with Gasteiger partial charge in [0.1, 0.15) is 91.6 Å². The quantitative estimate of drug-likeness (QED) is 0.0581. The first-order valence-corrected chi connectivity index (χ1v) is 27.4. The van der Waals surface area contributed by atoms with Crippen molar-refractivity contribution in [2.45, 2.75) is 235 Å². The molecule has 8 fully saturated rings. The van der Waals surface area contributed by atoms with Crippen molar-refractivity contribution in [3.63, 3.8) is 0 Å². The summed E-state index contributed by atoms with van der Waals surface area (Å²) in [6.07, 6.45) is -24.3. The summed E-state index contributed by atoms with van der Waals surface area (Å²) in [5.41, 5.74) is -3.28. The molecule has 0 radical (unpaired) electrons. The monoisotopic (exact) mass is 1090 g/mol. The van der Waals surface area contributed by atoms with Crippen LogP contribution < -0.4 is 0 Å². The lowest BCUT2D eigenvalue weighted by atomic mass is 9.33. The zero-order valence-electron chi connectivity index (χ0n) is 44.6. The van der Waals surface area contributed by atoms with Gasteiger partial charge in [0, 0.05) is 5.92 Å². The van der Waals surface area contributed by atoms with Crippen LogP contribution in [0.15, 0.2) is 11.6 Å². The molecule has 4 saturated heterocycles. The highest BCUT2D eigenvalue weighted by Gasteiger charge is 2.72. The summed E-state index contributed by atoms with van der Waals surface area (Å²) in [5, 5.41) is 150. The highest BCUT2D eigenvalue weighted by molar-refractivity contribution is 5.79. The first-order chi connectivity index (χ1) is 35.6. The molecule has 23 heteroatoms. The maximum Gasteiger partial charge on any atom is 0.315 e. The molecule has 14 N–H and O–H groups in total. The Labute approximate surface area is 442 Å². The molecular formula is C53H86O23. The number of hydrogen-bond donors (Lipinski definition) is 14. The fraction of sp³-hybridized carbons (Fsp3) is 0.943. The number of hydrogen-bond acceptors (Lipinski definition) is 23. The van der Waals surface area contributed by atoms with E-state index in [1.807, 2.05) is 6.92 Å². The average Bonchev–Trinajstić information content (AvgIpc) is 3.48. The number of esters is 1. The van der Waals surface area contributed by atoms with Crippen molar-refractivity contribution in [3.8, 4) is 0 Å². The average molecular weight is 1090 g/mol. The summed E-state index contributed by atoms with van der Waals surface area (Å²) < 4.78 is 48.6. The number of ether oxygens (including phenoxy) is 8. The molecule has 76 heavy (non-hydrogen) atoms. The summed E-state index contributed by atoms with van der Waals surface area (Å²) in [6.45, 7) is 12.4. The number of carbonyl (C=O) groups is 1. The third-order valence-electron chi connectivity index (χ3n) is 21.5. The molecule has 2 unspecified atom stereocenters. The van der Waals surface area contributed by atoms with E-state index >= 15 is 0 Å². The largest absolute Gasteiger partial charge is 0.432 e. The molecule has 5 aliphatic carbocycles. The third-order valence-corrected chi connectivity index (χ3v) is 21.5. The molecule has 29 atom stereocenters. The number of aliphatic hydroxyl groups excluding tert-OH is 13. The van der Waals surface area contributed by atoms with Gasteiger partial charge in [0.15, 0.2) is 18.9 Å². The Hall–Kier alpha value is -1.63. The lowest BCUT2D eigenvalue weighted by Gasteiger charge is -2.72. The predicted molar refractivity (Wildman–Crippen MR) is 258 cm³/mol. The van der Waals surface area contributed by atoms with E-state index in [-0.39, 0.29) is 28.6 Å². The number of aliphatic hydroxyl groups is 14. The van der Waals surface area contributed by atoms with Crippen molar-refractivity contribution in [3.05, 3.63) is 11.6 Å². The number of carbonyl (C=O) groups excluding carboxylic acids is 1. The van der Waals surface area contributed by atoms with E-state index < -0.39 is 183 Å². The Morgan fingerprint density at radius 3 is 1.67 bits per heavy atom. The number of fused-ring (bicyclic) bond motifs is 7. The summed E-state index contributed by atoms with van der Waals surface area (Å²) in [7, 11) is 0. The predicted octanol–water partition coefficient (Wildman–Crippen LogP) is -2.43. The van der Waals surface area contributed by atoms with Gasteiger partial charge in [0.25, 0.3) is 0 Å². The number of rotatable bonds is 11. The fourth-order valence-corrected chi connectivity index (χ4v) is 16.5. The van der Waals surface area contributed by atoms with Crippen LogP contribution in [0.5, 0.6) is 0 Å². The van der Waals surface area contributed by atoms with E-state index in [1.165, 1.54) is 0 Å². The van der Waals surface area contributed by atoms with Gasteiger partial charge in [-0.15, -0.1) is 0 Å². The van der Waals surface area contributed by atoms with Crippen molar-refractivity contribution < 1.29 is 114 Å². The Kier molecular flexibility index (Phi) is 16.5. The van der Waals surface area contributed by atoms with Crippen LogP contribution in [-0.4, -0.2) is 232 Å². The van der Waals surface area contributed by atoms with Gasteiger partial charge in [-0.2, -0.15) is 0 Å². The zero-order chi connectivity index (χ0) is 55.6. The van der Waals surface area contributed by atoms with Crippen molar-refractivity contribution in [2.75, 3.05) is 26.4 Å². The van der Waals surface area contributed by atoms with Crippen molar-refractivity contribution in [1.29, 1.82) is 0 Å². The molecule has 0 bridgehead atoms. The molecule has 0 aromatic heterocycles. The molecule has 0 spiro atoms. The maximum absolute atomic E-state index is 14.8. The third kappa shape index (κ3) is 9.18. The molecular weight excluding hydrogens is 1000 g/mol. The smallest absolute Gasteiger partial charge is 0.315 e. The van der Waals surface area contributed by atoms with E-state index in [9.17, 15) is 76.3 Å². The van der Waals surface area contributed by atoms with Crippen molar-refractivity contribution in [2.24, 2.45) is 50.7 Å². The van der Waals surface area contributed by atoms with Gasteiger partial charge < -0.3 is 109 Å². The second-order valence-corrected chi connectivity index (χ2v) is 25.5. The Balaban J connectivity index is 0.989. The molecule has 0 aromatic carbocycles. The minimum atomic E-state index is -1.89. The normalized spacial score (nSPS) is 55.2. The van der Waals surface area contributed by atoms with Crippen LogP contribution in [0.3, 0.4) is 0 Å². The minimum Gasteiger partial charge on any atom is -0.432 e. The lowest BCUT2D eigenvalue weighted by molar-refractivity contribution is -0.389. The summed E-state index contributed by atoms with van der Waals surface area (Å²) in [6, 6.07) is 0.